The van der Waals surface area contributed by atoms with Crippen LogP contribution in [0, 0.1) is 5.92 Å². The van der Waals surface area contributed by atoms with Gasteiger partial charge in [0.2, 0.25) is 0 Å². The SMILES string of the molecule is C[C@@H]1CCC[NH+](Cc2nc3c(c(=O)n(C)c(=O)n3C)n2Cc2ccccc2Cl)C1. The Morgan fingerprint density at radius 3 is 2.69 bits per heavy atom. The number of benzene rings is 1. The molecule has 29 heavy (non-hydrogen) atoms. The summed E-state index contributed by atoms with van der Waals surface area (Å²) in [5.74, 6) is 1.50. The fraction of sp³-hybridized carbons (Fsp3) is 0.476. The molecule has 1 fully saturated rings. The number of fused-ring (bicyclic) bond motifs is 1. The average Bonchev–Trinajstić information content (AvgIpc) is 3.04. The number of quaternary nitrogens is 1. The summed E-state index contributed by atoms with van der Waals surface area (Å²) in [6.45, 7) is 5.64. The van der Waals surface area contributed by atoms with Crippen LogP contribution >= 0.6 is 11.6 Å². The summed E-state index contributed by atoms with van der Waals surface area (Å²) >= 11 is 6.41. The Labute approximate surface area is 174 Å². The number of nitrogens with zero attached hydrogens (tertiary/aromatic N) is 4. The monoisotopic (exact) mass is 416 g/mol. The van der Waals surface area contributed by atoms with E-state index in [2.05, 4.69) is 6.92 Å². The number of nitrogens with one attached hydrogen (secondary N) is 1. The molecule has 1 aliphatic rings. The molecule has 0 radical (unpaired) electrons. The first kappa shape index (κ1) is 19.9. The van der Waals surface area contributed by atoms with Crippen molar-refractivity contribution < 1.29 is 4.90 Å². The van der Waals surface area contributed by atoms with Crippen LogP contribution in [0.2, 0.25) is 5.02 Å². The lowest BCUT2D eigenvalue weighted by Crippen LogP contribution is -3.12. The molecule has 1 aromatic carbocycles. The second-order valence-corrected chi connectivity index (χ2v) is 8.62. The molecule has 1 unspecified atom stereocenters. The van der Waals surface area contributed by atoms with Crippen molar-refractivity contribution in [1.82, 2.24) is 18.7 Å². The van der Waals surface area contributed by atoms with E-state index in [0.29, 0.717) is 28.6 Å². The summed E-state index contributed by atoms with van der Waals surface area (Å²) < 4.78 is 4.55. The van der Waals surface area contributed by atoms with Crippen molar-refractivity contribution >= 4 is 22.8 Å². The predicted molar refractivity (Wildman–Crippen MR) is 114 cm³/mol. The topological polar surface area (TPSA) is 66.3 Å². The zero-order valence-corrected chi connectivity index (χ0v) is 17.9. The van der Waals surface area contributed by atoms with Gasteiger partial charge in [0.1, 0.15) is 6.54 Å². The first-order valence-corrected chi connectivity index (χ1v) is 10.5. The molecule has 1 N–H and O–H groups in total. The van der Waals surface area contributed by atoms with Gasteiger partial charge in [-0.15, -0.1) is 0 Å². The van der Waals surface area contributed by atoms with E-state index in [1.807, 2.05) is 28.8 Å². The van der Waals surface area contributed by atoms with Gasteiger partial charge in [0.25, 0.3) is 5.56 Å². The third kappa shape index (κ3) is 3.65. The number of piperidine rings is 1. The Bertz CT molecular complexity index is 1180. The van der Waals surface area contributed by atoms with Gasteiger partial charge in [-0.1, -0.05) is 36.7 Å². The van der Waals surface area contributed by atoms with E-state index >= 15 is 0 Å². The summed E-state index contributed by atoms with van der Waals surface area (Å²) in [5.41, 5.74) is 1.12. The second-order valence-electron chi connectivity index (χ2n) is 8.21. The van der Waals surface area contributed by atoms with E-state index in [9.17, 15) is 9.59 Å². The Morgan fingerprint density at radius 2 is 1.97 bits per heavy atom. The average molecular weight is 417 g/mol. The number of rotatable bonds is 4. The Morgan fingerprint density at radius 1 is 1.21 bits per heavy atom. The summed E-state index contributed by atoms with van der Waals surface area (Å²) in [6.07, 6.45) is 2.45. The lowest BCUT2D eigenvalue weighted by molar-refractivity contribution is -0.922. The summed E-state index contributed by atoms with van der Waals surface area (Å²) in [4.78, 5) is 31.7. The van der Waals surface area contributed by atoms with Gasteiger partial charge in [0.05, 0.1) is 19.6 Å². The predicted octanol–water partition coefficient (Wildman–Crippen LogP) is 0.950. The maximum Gasteiger partial charge on any atom is 0.332 e. The Balaban J connectivity index is 1.88. The molecule has 8 heteroatoms. The van der Waals surface area contributed by atoms with Gasteiger partial charge < -0.3 is 9.47 Å². The van der Waals surface area contributed by atoms with Crippen LogP contribution in [0.5, 0.6) is 0 Å². The molecule has 3 aromatic rings. The van der Waals surface area contributed by atoms with Crippen molar-refractivity contribution in [3.63, 3.8) is 0 Å². The van der Waals surface area contributed by atoms with E-state index in [1.165, 1.54) is 29.4 Å². The van der Waals surface area contributed by atoms with Gasteiger partial charge in [-0.25, -0.2) is 9.78 Å². The standard InChI is InChI=1S/C21H26ClN5O2/c1-14-7-6-10-26(11-14)13-17-23-19-18(20(28)25(3)21(29)24(19)2)27(17)12-15-8-4-5-9-16(15)22/h4-5,8-9,14H,6-7,10-13H2,1-3H3/p+1/t14-/m1/s1. The molecule has 0 spiro atoms. The number of aromatic nitrogens is 4. The maximum atomic E-state index is 13.0. The van der Waals surface area contributed by atoms with Gasteiger partial charge in [-0.3, -0.25) is 13.9 Å². The zero-order chi connectivity index (χ0) is 20.7. The van der Waals surface area contributed by atoms with Crippen molar-refractivity contribution in [2.24, 2.45) is 20.0 Å². The minimum absolute atomic E-state index is 0.323. The van der Waals surface area contributed by atoms with E-state index in [4.69, 9.17) is 16.6 Å². The van der Waals surface area contributed by atoms with Gasteiger partial charge in [-0.2, -0.15) is 0 Å². The highest BCUT2D eigenvalue weighted by Gasteiger charge is 2.25. The normalized spacial score (nSPS) is 19.7. The first-order chi connectivity index (χ1) is 13.9. The number of aryl methyl sites for hydroxylation is 1. The molecule has 0 amide bonds. The molecule has 7 nitrogen and oxygen atoms in total. The lowest BCUT2D eigenvalue weighted by atomic mass is 10.0. The smallest absolute Gasteiger partial charge is 0.328 e. The van der Waals surface area contributed by atoms with Crippen molar-refractivity contribution in [2.75, 3.05) is 13.1 Å². The van der Waals surface area contributed by atoms with Crippen molar-refractivity contribution in [2.45, 2.75) is 32.9 Å². The molecule has 1 saturated heterocycles. The Hall–Kier alpha value is -2.38. The zero-order valence-electron chi connectivity index (χ0n) is 17.1. The third-order valence-electron chi connectivity index (χ3n) is 5.99. The van der Waals surface area contributed by atoms with Gasteiger partial charge in [0, 0.05) is 25.0 Å². The highest BCUT2D eigenvalue weighted by atomic mass is 35.5. The van der Waals surface area contributed by atoms with E-state index in [0.717, 1.165) is 35.6 Å². The van der Waals surface area contributed by atoms with Gasteiger partial charge >= 0.3 is 5.69 Å². The molecular weight excluding hydrogens is 390 g/mol. The molecule has 0 bridgehead atoms. The summed E-state index contributed by atoms with van der Waals surface area (Å²) in [6, 6.07) is 7.63. The van der Waals surface area contributed by atoms with Crippen LogP contribution in [0.25, 0.3) is 11.2 Å². The molecule has 1 aliphatic heterocycles. The number of halogens is 1. The quantitative estimate of drug-likeness (QED) is 0.688. The molecule has 4 rings (SSSR count). The molecule has 3 heterocycles. The molecule has 154 valence electrons. The van der Waals surface area contributed by atoms with Crippen molar-refractivity contribution in [1.29, 1.82) is 0 Å². The van der Waals surface area contributed by atoms with Crippen LogP contribution < -0.4 is 16.1 Å². The van der Waals surface area contributed by atoms with Crippen LogP contribution in [0.1, 0.15) is 31.2 Å². The van der Waals surface area contributed by atoms with Gasteiger partial charge in [-0.05, 0) is 24.5 Å². The fourth-order valence-electron chi connectivity index (χ4n) is 4.38. The third-order valence-corrected chi connectivity index (χ3v) is 6.35. The summed E-state index contributed by atoms with van der Waals surface area (Å²) in [7, 11) is 3.17. The van der Waals surface area contributed by atoms with E-state index in [1.54, 1.807) is 7.05 Å². The maximum absolute atomic E-state index is 13.0. The minimum atomic E-state index is -0.365. The number of likely N-dealkylation sites (tertiary alicyclic amines) is 1. The molecular formula is C21H27ClN5O2+. The highest BCUT2D eigenvalue weighted by molar-refractivity contribution is 6.31. The van der Waals surface area contributed by atoms with E-state index in [-0.39, 0.29) is 11.2 Å². The molecule has 0 saturated carbocycles. The lowest BCUT2D eigenvalue weighted by Gasteiger charge is -2.27. The molecule has 2 atom stereocenters. The van der Waals surface area contributed by atoms with Crippen LogP contribution in [-0.2, 0) is 27.2 Å². The van der Waals surface area contributed by atoms with Crippen LogP contribution in [0.4, 0.5) is 0 Å². The first-order valence-electron chi connectivity index (χ1n) is 10.1. The van der Waals surface area contributed by atoms with Crippen LogP contribution in [0.15, 0.2) is 33.9 Å². The fourth-order valence-corrected chi connectivity index (χ4v) is 4.57. The van der Waals surface area contributed by atoms with Gasteiger partial charge in [0.15, 0.2) is 17.0 Å². The molecule has 0 aliphatic carbocycles. The van der Waals surface area contributed by atoms with Crippen molar-refractivity contribution in [3.05, 3.63) is 61.5 Å². The number of imidazole rings is 1. The van der Waals surface area contributed by atoms with Crippen molar-refractivity contribution in [3.8, 4) is 0 Å². The summed E-state index contributed by atoms with van der Waals surface area (Å²) in [5, 5.41) is 0.654. The largest absolute Gasteiger partial charge is 0.332 e. The van der Waals surface area contributed by atoms with Crippen LogP contribution in [-0.4, -0.2) is 31.8 Å². The van der Waals surface area contributed by atoms with Crippen LogP contribution in [0.3, 0.4) is 0 Å². The second kappa shape index (κ2) is 7.80. The number of hydrogen-bond acceptors (Lipinski definition) is 3. The number of hydrogen-bond donors (Lipinski definition) is 1. The Kier molecular flexibility index (Phi) is 5.36. The minimum Gasteiger partial charge on any atom is -0.328 e. The van der Waals surface area contributed by atoms with E-state index < -0.39 is 0 Å². The molecule has 2 aromatic heterocycles. The highest BCUT2D eigenvalue weighted by Crippen LogP contribution is 2.20.